The van der Waals surface area contributed by atoms with E-state index in [9.17, 15) is 14.4 Å². The summed E-state index contributed by atoms with van der Waals surface area (Å²) in [5, 5.41) is 5.34. The van der Waals surface area contributed by atoms with Crippen molar-refractivity contribution in [3.05, 3.63) is 35.9 Å². The zero-order valence-corrected chi connectivity index (χ0v) is 16.0. The highest BCUT2D eigenvalue weighted by Crippen LogP contribution is 2.09. The summed E-state index contributed by atoms with van der Waals surface area (Å²) in [6.07, 6.45) is 1.32. The molecule has 6 nitrogen and oxygen atoms in total. The highest BCUT2D eigenvalue weighted by molar-refractivity contribution is 5.87. The van der Waals surface area contributed by atoms with Crippen LogP contribution >= 0.6 is 0 Å². The molecule has 26 heavy (non-hydrogen) atoms. The smallest absolute Gasteiger partial charge is 0.408 e. The van der Waals surface area contributed by atoms with E-state index in [1.54, 1.807) is 0 Å². The van der Waals surface area contributed by atoms with Gasteiger partial charge in [0.15, 0.2) is 0 Å². The van der Waals surface area contributed by atoms with E-state index in [2.05, 4.69) is 10.6 Å². The lowest BCUT2D eigenvalue weighted by Gasteiger charge is -2.24. The number of hydrogen-bond donors (Lipinski definition) is 2. The van der Waals surface area contributed by atoms with E-state index in [4.69, 9.17) is 4.74 Å². The fraction of sp³-hybridized carbons (Fsp3) is 0.550. The van der Waals surface area contributed by atoms with E-state index < -0.39 is 18.2 Å². The summed E-state index contributed by atoms with van der Waals surface area (Å²) >= 11 is 0. The lowest BCUT2D eigenvalue weighted by Crippen LogP contribution is -2.52. The van der Waals surface area contributed by atoms with Crippen molar-refractivity contribution in [2.24, 2.45) is 11.8 Å². The van der Waals surface area contributed by atoms with Crippen molar-refractivity contribution in [3.63, 3.8) is 0 Å². The molecule has 0 aliphatic rings. The molecule has 0 heterocycles. The molecule has 0 saturated heterocycles. The summed E-state index contributed by atoms with van der Waals surface area (Å²) in [6, 6.07) is 8.00. The normalized spacial score (nSPS) is 14.2. The quantitative estimate of drug-likeness (QED) is 0.627. The van der Waals surface area contributed by atoms with Crippen LogP contribution in [0.1, 0.15) is 46.1 Å². The number of alkyl carbamates (subject to hydrolysis) is 1. The van der Waals surface area contributed by atoms with Crippen LogP contribution in [0, 0.1) is 11.8 Å². The van der Waals surface area contributed by atoms with Gasteiger partial charge in [0.05, 0.1) is 6.04 Å². The summed E-state index contributed by atoms with van der Waals surface area (Å²) in [6.45, 7) is 7.91. The van der Waals surface area contributed by atoms with Crippen LogP contribution in [-0.2, 0) is 20.9 Å². The molecule has 0 fully saturated rings. The third kappa shape index (κ3) is 7.68. The molecular formula is C20H30N2O4. The maximum absolute atomic E-state index is 12.5. The average Bonchev–Trinajstić information content (AvgIpc) is 2.63. The molecule has 0 unspecified atom stereocenters. The van der Waals surface area contributed by atoms with E-state index in [0.29, 0.717) is 6.42 Å². The molecule has 3 atom stereocenters. The molecule has 2 N–H and O–H groups in total. The number of amides is 2. The molecule has 1 rings (SSSR count). The largest absolute Gasteiger partial charge is 0.445 e. The van der Waals surface area contributed by atoms with Crippen molar-refractivity contribution in [2.45, 2.75) is 59.2 Å². The fourth-order valence-electron chi connectivity index (χ4n) is 2.44. The van der Waals surface area contributed by atoms with Gasteiger partial charge in [-0.3, -0.25) is 4.79 Å². The summed E-state index contributed by atoms with van der Waals surface area (Å²) in [7, 11) is 0. The van der Waals surface area contributed by atoms with Gasteiger partial charge in [-0.05, 0) is 23.8 Å². The van der Waals surface area contributed by atoms with Gasteiger partial charge in [-0.2, -0.15) is 0 Å². The molecule has 6 heteroatoms. The molecule has 0 aliphatic heterocycles. The number of hydrogen-bond acceptors (Lipinski definition) is 4. The Morgan fingerprint density at radius 3 is 2.31 bits per heavy atom. The minimum atomic E-state index is -0.746. The Hall–Kier alpha value is -2.37. The molecule has 0 bridgehead atoms. The first kappa shape index (κ1) is 21.7. The zero-order chi connectivity index (χ0) is 19.5. The Morgan fingerprint density at radius 1 is 1.12 bits per heavy atom. The molecule has 1 aromatic rings. The third-order valence-electron chi connectivity index (χ3n) is 4.24. The maximum Gasteiger partial charge on any atom is 0.408 e. The number of benzene rings is 1. The van der Waals surface area contributed by atoms with Crippen LogP contribution in [-0.4, -0.2) is 30.4 Å². The summed E-state index contributed by atoms with van der Waals surface area (Å²) in [5.74, 6) is -0.146. The van der Waals surface area contributed by atoms with E-state index in [1.807, 2.05) is 58.0 Å². The molecule has 0 saturated carbocycles. The number of carbonyl (C=O) groups excluding carboxylic acids is 3. The lowest BCUT2D eigenvalue weighted by molar-refractivity contribution is -0.126. The van der Waals surface area contributed by atoms with Gasteiger partial charge in [-0.25, -0.2) is 4.79 Å². The summed E-state index contributed by atoms with van der Waals surface area (Å²) in [5.41, 5.74) is 0.866. The lowest BCUT2D eigenvalue weighted by atomic mass is 9.98. The number of ether oxygens (including phenoxy) is 1. The standard InChI is InChI=1S/C20H30N2O4/c1-5-15(4)18(12-23)21-19(24)17(11-14(2)3)22-20(25)26-13-16-9-7-6-8-10-16/h6-10,12,14-15,17-18H,5,11,13H2,1-4H3,(H,21,24)(H,22,25)/t15-,17-,18+/m0/s1. The maximum atomic E-state index is 12.5. The first-order valence-corrected chi connectivity index (χ1v) is 9.10. The Labute approximate surface area is 155 Å². The van der Waals surface area contributed by atoms with Crippen LogP contribution in [0.4, 0.5) is 4.79 Å². The van der Waals surface area contributed by atoms with E-state index >= 15 is 0 Å². The van der Waals surface area contributed by atoms with Gasteiger partial charge in [0.2, 0.25) is 5.91 Å². The van der Waals surface area contributed by atoms with Crippen molar-refractivity contribution in [2.75, 3.05) is 0 Å². The van der Waals surface area contributed by atoms with Gasteiger partial charge in [-0.1, -0.05) is 64.4 Å². The number of aldehydes is 1. The average molecular weight is 362 g/mol. The minimum absolute atomic E-state index is 0.0289. The predicted molar refractivity (Wildman–Crippen MR) is 100 cm³/mol. The summed E-state index contributed by atoms with van der Waals surface area (Å²) < 4.78 is 5.19. The second-order valence-electron chi connectivity index (χ2n) is 6.94. The molecule has 2 amide bonds. The van der Waals surface area contributed by atoms with Crippen LogP contribution in [0.5, 0.6) is 0 Å². The van der Waals surface area contributed by atoms with Crippen LogP contribution in [0.25, 0.3) is 0 Å². The van der Waals surface area contributed by atoms with Gasteiger partial charge in [0.1, 0.15) is 18.9 Å². The van der Waals surface area contributed by atoms with Gasteiger partial charge in [-0.15, -0.1) is 0 Å². The SMILES string of the molecule is CC[C@H](C)[C@@H](C=O)NC(=O)[C@H](CC(C)C)NC(=O)OCc1ccccc1. The second kappa shape index (κ2) is 11.3. The first-order valence-electron chi connectivity index (χ1n) is 9.10. The Morgan fingerprint density at radius 2 is 1.77 bits per heavy atom. The number of carbonyl (C=O) groups is 3. The predicted octanol–water partition coefficient (Wildman–Crippen LogP) is 3.06. The minimum Gasteiger partial charge on any atom is -0.445 e. The Bertz CT molecular complexity index is 574. The highest BCUT2D eigenvalue weighted by Gasteiger charge is 2.26. The van der Waals surface area contributed by atoms with Gasteiger partial charge in [0.25, 0.3) is 0 Å². The number of nitrogens with one attached hydrogen (secondary N) is 2. The first-order chi connectivity index (χ1) is 12.4. The Kier molecular flexibility index (Phi) is 9.41. The summed E-state index contributed by atoms with van der Waals surface area (Å²) in [4.78, 5) is 35.9. The molecule has 1 aromatic carbocycles. The van der Waals surface area contributed by atoms with Crippen LogP contribution in [0.3, 0.4) is 0 Å². The molecular weight excluding hydrogens is 332 g/mol. The third-order valence-corrected chi connectivity index (χ3v) is 4.24. The van der Waals surface area contributed by atoms with Crippen molar-refractivity contribution in [1.29, 1.82) is 0 Å². The van der Waals surface area contributed by atoms with Gasteiger partial charge >= 0.3 is 6.09 Å². The van der Waals surface area contributed by atoms with Crippen molar-refractivity contribution < 1.29 is 19.1 Å². The zero-order valence-electron chi connectivity index (χ0n) is 16.0. The molecule has 0 spiro atoms. The molecule has 0 radical (unpaired) electrons. The van der Waals surface area contributed by atoms with Crippen molar-refractivity contribution in [1.82, 2.24) is 10.6 Å². The topological polar surface area (TPSA) is 84.5 Å². The monoisotopic (exact) mass is 362 g/mol. The molecule has 144 valence electrons. The van der Waals surface area contributed by atoms with E-state index in [1.165, 1.54) is 0 Å². The highest BCUT2D eigenvalue weighted by atomic mass is 16.5. The van der Waals surface area contributed by atoms with E-state index in [0.717, 1.165) is 18.3 Å². The van der Waals surface area contributed by atoms with Crippen molar-refractivity contribution >= 4 is 18.3 Å². The van der Waals surface area contributed by atoms with Crippen molar-refractivity contribution in [3.8, 4) is 0 Å². The van der Waals surface area contributed by atoms with Gasteiger partial charge < -0.3 is 20.2 Å². The molecule has 0 aromatic heterocycles. The second-order valence-corrected chi connectivity index (χ2v) is 6.94. The fourth-order valence-corrected chi connectivity index (χ4v) is 2.44. The van der Waals surface area contributed by atoms with Crippen LogP contribution in [0.2, 0.25) is 0 Å². The van der Waals surface area contributed by atoms with Crippen LogP contribution in [0.15, 0.2) is 30.3 Å². The molecule has 0 aliphatic carbocycles. The Balaban J connectivity index is 2.65. The van der Waals surface area contributed by atoms with Gasteiger partial charge in [0, 0.05) is 0 Å². The van der Waals surface area contributed by atoms with E-state index in [-0.39, 0.29) is 24.3 Å². The van der Waals surface area contributed by atoms with Crippen LogP contribution < -0.4 is 10.6 Å². The number of rotatable bonds is 10.